The number of halogens is 2. The maximum absolute atomic E-state index is 12.8. The van der Waals surface area contributed by atoms with E-state index >= 15 is 0 Å². The Morgan fingerprint density at radius 2 is 1.92 bits per heavy atom. The molecule has 1 amide bonds. The van der Waals surface area contributed by atoms with E-state index in [4.69, 9.17) is 23.2 Å². The maximum atomic E-state index is 12.8. The second-order valence-electron chi connectivity index (χ2n) is 5.77. The summed E-state index contributed by atoms with van der Waals surface area (Å²) >= 11 is 12.3. The molecule has 5 nitrogen and oxygen atoms in total. The van der Waals surface area contributed by atoms with Crippen molar-refractivity contribution in [3.05, 3.63) is 52.5 Å². The Morgan fingerprint density at radius 1 is 1.24 bits per heavy atom. The molecule has 0 aliphatic carbocycles. The van der Waals surface area contributed by atoms with Crippen LogP contribution in [0.1, 0.15) is 31.9 Å². The number of amides is 1. The van der Waals surface area contributed by atoms with Gasteiger partial charge in [0.15, 0.2) is 0 Å². The smallest absolute Gasteiger partial charge is 0.241 e. The van der Waals surface area contributed by atoms with E-state index in [2.05, 4.69) is 15.2 Å². The minimum atomic E-state index is -0.403. The van der Waals surface area contributed by atoms with E-state index in [-0.39, 0.29) is 5.91 Å². The molecule has 25 heavy (non-hydrogen) atoms. The maximum Gasteiger partial charge on any atom is 0.241 e. The van der Waals surface area contributed by atoms with Crippen LogP contribution < -0.4 is 5.32 Å². The van der Waals surface area contributed by atoms with Crippen molar-refractivity contribution >= 4 is 29.1 Å². The highest BCUT2D eigenvalue weighted by Crippen LogP contribution is 2.27. The van der Waals surface area contributed by atoms with Crippen molar-refractivity contribution in [3.8, 4) is 0 Å². The number of carbonyl (C=O) groups excluding carboxylic acids is 1. The van der Waals surface area contributed by atoms with E-state index in [9.17, 15) is 4.79 Å². The van der Waals surface area contributed by atoms with E-state index in [1.165, 1.54) is 0 Å². The standard InChI is InChI=1S/C18H24Cl2N4O/c1-3-24(4-2)17(14-10-15(19)12-16(20)11-14)18(25)22-6-5-8-23-9-7-21-13-23/h7,9-13,17H,3-6,8H2,1-2H3,(H,22,25)/t17-/m0/s1. The number of benzene rings is 1. The molecule has 0 fully saturated rings. The fourth-order valence-electron chi connectivity index (χ4n) is 2.84. The highest BCUT2D eigenvalue weighted by atomic mass is 35.5. The first kappa shape index (κ1) is 19.8. The van der Waals surface area contributed by atoms with E-state index < -0.39 is 6.04 Å². The van der Waals surface area contributed by atoms with Crippen molar-refractivity contribution in [1.82, 2.24) is 19.8 Å². The lowest BCUT2D eigenvalue weighted by Crippen LogP contribution is -2.41. The molecule has 136 valence electrons. The van der Waals surface area contributed by atoms with Gasteiger partial charge < -0.3 is 9.88 Å². The van der Waals surface area contributed by atoms with Crippen LogP contribution in [0.3, 0.4) is 0 Å². The quantitative estimate of drug-likeness (QED) is 0.671. The molecule has 2 rings (SSSR count). The van der Waals surface area contributed by atoms with Crippen molar-refractivity contribution in [2.75, 3.05) is 19.6 Å². The third-order valence-electron chi connectivity index (χ3n) is 4.08. The summed E-state index contributed by atoms with van der Waals surface area (Å²) in [4.78, 5) is 18.9. The fourth-order valence-corrected chi connectivity index (χ4v) is 3.38. The molecule has 0 bridgehead atoms. The number of carbonyl (C=O) groups is 1. The van der Waals surface area contributed by atoms with Crippen molar-refractivity contribution < 1.29 is 4.79 Å². The highest BCUT2D eigenvalue weighted by molar-refractivity contribution is 6.34. The molecule has 7 heteroatoms. The van der Waals surface area contributed by atoms with Gasteiger partial charge in [0.2, 0.25) is 5.91 Å². The lowest BCUT2D eigenvalue weighted by atomic mass is 10.0. The minimum absolute atomic E-state index is 0.0346. The van der Waals surface area contributed by atoms with Crippen molar-refractivity contribution in [2.24, 2.45) is 0 Å². The average molecular weight is 383 g/mol. The largest absolute Gasteiger partial charge is 0.354 e. The Bertz CT molecular complexity index is 651. The molecule has 1 N–H and O–H groups in total. The molecule has 0 aliphatic rings. The second-order valence-corrected chi connectivity index (χ2v) is 6.64. The zero-order valence-corrected chi connectivity index (χ0v) is 16.1. The zero-order valence-electron chi connectivity index (χ0n) is 14.6. The van der Waals surface area contributed by atoms with Crippen LogP contribution in [0.15, 0.2) is 36.9 Å². The number of aromatic nitrogens is 2. The van der Waals surface area contributed by atoms with Crippen molar-refractivity contribution in [1.29, 1.82) is 0 Å². The first-order valence-corrected chi connectivity index (χ1v) is 9.24. The number of hydrogen-bond acceptors (Lipinski definition) is 3. The Morgan fingerprint density at radius 3 is 2.48 bits per heavy atom. The minimum Gasteiger partial charge on any atom is -0.354 e. The number of likely N-dealkylation sites (N-methyl/N-ethyl adjacent to an activating group) is 1. The molecule has 0 saturated heterocycles. The number of nitrogens with zero attached hydrogens (tertiary/aromatic N) is 3. The summed E-state index contributed by atoms with van der Waals surface area (Å²) < 4.78 is 1.99. The van der Waals surface area contributed by atoms with E-state index in [0.717, 1.165) is 31.6 Å². The third-order valence-corrected chi connectivity index (χ3v) is 4.51. The van der Waals surface area contributed by atoms with E-state index in [1.54, 1.807) is 18.6 Å². The molecule has 0 saturated carbocycles. The van der Waals surface area contributed by atoms with Gasteiger partial charge in [-0.1, -0.05) is 37.0 Å². The van der Waals surface area contributed by atoms with Crippen LogP contribution in [-0.2, 0) is 11.3 Å². The topological polar surface area (TPSA) is 50.2 Å². The predicted octanol–water partition coefficient (Wildman–Crippen LogP) is 3.78. The van der Waals surface area contributed by atoms with Crippen molar-refractivity contribution in [3.63, 3.8) is 0 Å². The molecule has 1 aromatic carbocycles. The van der Waals surface area contributed by atoms with Crippen LogP contribution in [0, 0.1) is 0 Å². The number of hydrogen-bond donors (Lipinski definition) is 1. The summed E-state index contributed by atoms with van der Waals surface area (Å²) in [6, 6.07) is 4.89. The van der Waals surface area contributed by atoms with E-state index in [0.29, 0.717) is 16.6 Å². The van der Waals surface area contributed by atoms with Crippen LogP contribution in [0.4, 0.5) is 0 Å². The fraction of sp³-hybridized carbons (Fsp3) is 0.444. The first-order chi connectivity index (χ1) is 12.0. The Kier molecular flexibility index (Phi) is 7.75. The molecule has 0 radical (unpaired) electrons. The van der Waals surface area contributed by atoms with Crippen molar-refractivity contribution in [2.45, 2.75) is 32.9 Å². The van der Waals surface area contributed by atoms with Gasteiger partial charge in [-0.2, -0.15) is 0 Å². The second kappa shape index (κ2) is 9.80. The van der Waals surface area contributed by atoms with Crippen LogP contribution in [-0.4, -0.2) is 40.0 Å². The highest BCUT2D eigenvalue weighted by Gasteiger charge is 2.26. The van der Waals surface area contributed by atoms with Crippen LogP contribution in [0.5, 0.6) is 0 Å². The molecular weight excluding hydrogens is 359 g/mol. The normalized spacial score (nSPS) is 12.4. The molecular formula is C18H24Cl2N4O. The molecule has 1 heterocycles. The van der Waals surface area contributed by atoms with Gasteiger partial charge in [0, 0.05) is 35.5 Å². The van der Waals surface area contributed by atoms with Gasteiger partial charge in [-0.05, 0) is 43.3 Å². The van der Waals surface area contributed by atoms with Crippen LogP contribution >= 0.6 is 23.2 Å². The van der Waals surface area contributed by atoms with Gasteiger partial charge in [-0.3, -0.25) is 9.69 Å². The summed E-state index contributed by atoms with van der Waals surface area (Å²) in [5.74, 6) is -0.0346. The van der Waals surface area contributed by atoms with Gasteiger partial charge in [0.1, 0.15) is 6.04 Å². The van der Waals surface area contributed by atoms with E-state index in [1.807, 2.05) is 36.7 Å². The van der Waals surface area contributed by atoms with Crippen LogP contribution in [0.2, 0.25) is 10.0 Å². The van der Waals surface area contributed by atoms with Gasteiger partial charge in [-0.25, -0.2) is 4.98 Å². The summed E-state index contributed by atoms with van der Waals surface area (Å²) in [6.07, 6.45) is 6.27. The number of nitrogens with one attached hydrogen (secondary N) is 1. The molecule has 1 atom stereocenters. The molecule has 1 aromatic heterocycles. The lowest BCUT2D eigenvalue weighted by Gasteiger charge is -2.29. The number of rotatable bonds is 9. The summed E-state index contributed by atoms with van der Waals surface area (Å²) in [7, 11) is 0. The SMILES string of the molecule is CCN(CC)[C@H](C(=O)NCCCn1ccnc1)c1cc(Cl)cc(Cl)c1. The van der Waals surface area contributed by atoms with Gasteiger partial charge in [-0.15, -0.1) is 0 Å². The third kappa shape index (κ3) is 5.73. The Hall–Kier alpha value is -1.56. The molecule has 0 unspecified atom stereocenters. The summed E-state index contributed by atoms with van der Waals surface area (Å²) in [6.45, 7) is 7.01. The number of imidazole rings is 1. The summed E-state index contributed by atoms with van der Waals surface area (Å²) in [5.41, 5.74) is 0.813. The van der Waals surface area contributed by atoms with Gasteiger partial charge in [0.25, 0.3) is 0 Å². The molecule has 0 spiro atoms. The Balaban J connectivity index is 2.04. The monoisotopic (exact) mass is 382 g/mol. The van der Waals surface area contributed by atoms with Crippen LogP contribution in [0.25, 0.3) is 0 Å². The predicted molar refractivity (Wildman–Crippen MR) is 102 cm³/mol. The summed E-state index contributed by atoms with van der Waals surface area (Å²) in [5, 5.41) is 4.10. The average Bonchev–Trinajstić information content (AvgIpc) is 3.08. The molecule has 2 aromatic rings. The number of aryl methyl sites for hydroxylation is 1. The van der Waals surface area contributed by atoms with Gasteiger partial charge >= 0.3 is 0 Å². The first-order valence-electron chi connectivity index (χ1n) is 8.48. The Labute approximate surface area is 158 Å². The van der Waals surface area contributed by atoms with Gasteiger partial charge in [0.05, 0.1) is 6.33 Å². The lowest BCUT2D eigenvalue weighted by molar-refractivity contribution is -0.126. The molecule has 0 aliphatic heterocycles. The zero-order chi connectivity index (χ0) is 18.2.